The molecule has 2 aromatic carbocycles. The van der Waals surface area contributed by atoms with Gasteiger partial charge in [-0.25, -0.2) is 13.1 Å². The molecule has 0 heterocycles. The molecular formula is C24H35NO3S. The van der Waals surface area contributed by atoms with Crippen molar-refractivity contribution < 1.29 is 13.5 Å². The maximum Gasteiger partial charge on any atom is 0.241 e. The van der Waals surface area contributed by atoms with Crippen molar-refractivity contribution in [2.75, 3.05) is 6.54 Å². The van der Waals surface area contributed by atoms with E-state index in [4.69, 9.17) is 0 Å². The van der Waals surface area contributed by atoms with Gasteiger partial charge < -0.3 is 5.11 Å². The van der Waals surface area contributed by atoms with Gasteiger partial charge in [0.05, 0.1) is 4.90 Å². The molecule has 0 atom stereocenters. The highest BCUT2D eigenvalue weighted by Gasteiger charge is 2.26. The largest absolute Gasteiger partial charge is 0.508 e. The third-order valence-electron chi connectivity index (χ3n) is 5.22. The third-order valence-corrected chi connectivity index (χ3v) is 6.81. The standard InChI is InChI=1S/C24H35NO3S/c1-16(2)20-14-22(17(3)4)24(23(15-20)18(5)6)29(27,28)25-13-7-8-19-9-11-21(26)12-10-19/h9-12,14-18,25-26H,7-8,13H2,1-6H3. The van der Waals surface area contributed by atoms with Crippen LogP contribution in [0.5, 0.6) is 5.75 Å². The van der Waals surface area contributed by atoms with Crippen LogP contribution in [0.1, 0.15) is 88.0 Å². The molecule has 0 saturated heterocycles. The summed E-state index contributed by atoms with van der Waals surface area (Å²) in [4.78, 5) is 0.455. The van der Waals surface area contributed by atoms with E-state index in [0.717, 1.165) is 23.1 Å². The van der Waals surface area contributed by atoms with E-state index in [1.54, 1.807) is 12.1 Å². The zero-order chi connectivity index (χ0) is 21.8. The van der Waals surface area contributed by atoms with Crippen LogP contribution in [0.2, 0.25) is 0 Å². The minimum Gasteiger partial charge on any atom is -0.508 e. The predicted molar refractivity (Wildman–Crippen MR) is 120 cm³/mol. The predicted octanol–water partition coefficient (Wildman–Crippen LogP) is 5.67. The normalized spacial score (nSPS) is 12.3. The lowest BCUT2D eigenvalue weighted by atomic mass is 9.89. The van der Waals surface area contributed by atoms with E-state index in [9.17, 15) is 13.5 Å². The van der Waals surface area contributed by atoms with Crippen molar-refractivity contribution in [3.8, 4) is 5.75 Å². The Morgan fingerprint density at radius 2 is 1.38 bits per heavy atom. The molecule has 0 saturated carbocycles. The summed E-state index contributed by atoms with van der Waals surface area (Å²) >= 11 is 0. The van der Waals surface area contributed by atoms with Gasteiger partial charge >= 0.3 is 0 Å². The fourth-order valence-corrected chi connectivity index (χ4v) is 5.20. The lowest BCUT2D eigenvalue weighted by Gasteiger charge is -2.23. The molecule has 0 aliphatic rings. The smallest absolute Gasteiger partial charge is 0.241 e. The van der Waals surface area contributed by atoms with Crippen LogP contribution in [0.25, 0.3) is 0 Å². The highest BCUT2D eigenvalue weighted by molar-refractivity contribution is 7.89. The summed E-state index contributed by atoms with van der Waals surface area (Å²) in [5.41, 5.74) is 4.05. The first-order chi connectivity index (χ1) is 13.5. The molecule has 0 aliphatic heterocycles. The first-order valence-corrected chi connectivity index (χ1v) is 12.0. The van der Waals surface area contributed by atoms with Gasteiger partial charge in [-0.2, -0.15) is 0 Å². The first-order valence-electron chi connectivity index (χ1n) is 10.5. The Morgan fingerprint density at radius 1 is 0.862 bits per heavy atom. The van der Waals surface area contributed by atoms with Gasteiger partial charge in [-0.3, -0.25) is 0 Å². The Bertz CT molecular complexity index is 885. The first kappa shape index (κ1) is 23.4. The van der Waals surface area contributed by atoms with E-state index in [1.165, 1.54) is 5.56 Å². The molecule has 0 aromatic heterocycles. The molecule has 2 rings (SSSR count). The number of benzene rings is 2. The second kappa shape index (κ2) is 9.77. The van der Waals surface area contributed by atoms with Crippen molar-refractivity contribution in [1.29, 1.82) is 0 Å². The van der Waals surface area contributed by atoms with Crippen LogP contribution < -0.4 is 4.72 Å². The van der Waals surface area contributed by atoms with Crippen LogP contribution in [-0.4, -0.2) is 20.1 Å². The second-order valence-electron chi connectivity index (χ2n) is 8.66. The van der Waals surface area contributed by atoms with Crippen molar-refractivity contribution in [2.45, 2.75) is 77.0 Å². The number of aromatic hydroxyl groups is 1. The van der Waals surface area contributed by atoms with Crippen LogP contribution in [0.15, 0.2) is 41.3 Å². The van der Waals surface area contributed by atoms with Gasteiger partial charge in [0, 0.05) is 6.54 Å². The maximum atomic E-state index is 13.3. The molecule has 0 bridgehead atoms. The highest BCUT2D eigenvalue weighted by Crippen LogP contribution is 2.35. The molecule has 5 heteroatoms. The maximum absolute atomic E-state index is 13.3. The summed E-state index contributed by atoms with van der Waals surface area (Å²) in [6, 6.07) is 11.2. The zero-order valence-electron chi connectivity index (χ0n) is 18.5. The molecule has 0 fully saturated rings. The van der Waals surface area contributed by atoms with E-state index in [1.807, 2.05) is 39.8 Å². The molecule has 0 aliphatic carbocycles. The molecule has 2 aromatic rings. The van der Waals surface area contributed by atoms with Gasteiger partial charge in [0.25, 0.3) is 0 Å². The molecule has 0 unspecified atom stereocenters. The van der Waals surface area contributed by atoms with Crippen molar-refractivity contribution in [3.05, 3.63) is 58.7 Å². The zero-order valence-corrected chi connectivity index (χ0v) is 19.3. The third kappa shape index (κ3) is 6.06. The van der Waals surface area contributed by atoms with Crippen LogP contribution in [0.3, 0.4) is 0 Å². The summed E-state index contributed by atoms with van der Waals surface area (Å²) < 4.78 is 29.4. The van der Waals surface area contributed by atoms with Crippen molar-refractivity contribution in [2.24, 2.45) is 0 Å². The van der Waals surface area contributed by atoms with Crippen LogP contribution in [0, 0.1) is 0 Å². The van der Waals surface area contributed by atoms with Crippen LogP contribution in [0.4, 0.5) is 0 Å². The Morgan fingerprint density at radius 3 is 1.83 bits per heavy atom. The fourth-order valence-electron chi connectivity index (χ4n) is 3.43. The Labute approximate surface area is 176 Å². The minimum atomic E-state index is -3.61. The molecule has 0 spiro atoms. The summed E-state index contributed by atoms with van der Waals surface area (Å²) in [6.07, 6.45) is 1.45. The number of aryl methyl sites for hydroxylation is 1. The fraction of sp³-hybridized carbons (Fsp3) is 0.500. The van der Waals surface area contributed by atoms with Crippen LogP contribution >= 0.6 is 0 Å². The minimum absolute atomic E-state index is 0.120. The van der Waals surface area contributed by atoms with Gasteiger partial charge in [0.2, 0.25) is 10.0 Å². The van der Waals surface area contributed by atoms with E-state index in [-0.39, 0.29) is 17.6 Å². The van der Waals surface area contributed by atoms with Crippen molar-refractivity contribution in [3.63, 3.8) is 0 Å². The van der Waals surface area contributed by atoms with Gasteiger partial charge in [-0.1, -0.05) is 65.8 Å². The van der Waals surface area contributed by atoms with Gasteiger partial charge in [-0.15, -0.1) is 0 Å². The SMILES string of the molecule is CC(C)c1cc(C(C)C)c(S(=O)(=O)NCCCc2ccc(O)cc2)c(C(C)C)c1. The summed E-state index contributed by atoms with van der Waals surface area (Å²) in [7, 11) is -3.61. The topological polar surface area (TPSA) is 66.4 Å². The van der Waals surface area contributed by atoms with Crippen molar-refractivity contribution >= 4 is 10.0 Å². The number of rotatable bonds is 9. The van der Waals surface area contributed by atoms with E-state index in [0.29, 0.717) is 23.8 Å². The van der Waals surface area contributed by atoms with Gasteiger partial charge in [-0.05, 0) is 65.0 Å². The molecule has 0 radical (unpaired) electrons. The molecule has 4 nitrogen and oxygen atoms in total. The Hall–Kier alpha value is -1.85. The molecule has 160 valence electrons. The number of sulfonamides is 1. The number of phenolic OH excluding ortho intramolecular Hbond substituents is 1. The Balaban J connectivity index is 2.26. The highest BCUT2D eigenvalue weighted by atomic mass is 32.2. The molecule has 29 heavy (non-hydrogen) atoms. The van der Waals surface area contributed by atoms with Gasteiger partial charge in [0.1, 0.15) is 5.75 Å². The summed E-state index contributed by atoms with van der Waals surface area (Å²) in [5, 5.41) is 9.36. The average Bonchev–Trinajstić information content (AvgIpc) is 2.65. The monoisotopic (exact) mass is 417 g/mol. The molecule has 2 N–H and O–H groups in total. The van der Waals surface area contributed by atoms with Crippen molar-refractivity contribution in [1.82, 2.24) is 4.72 Å². The van der Waals surface area contributed by atoms with Gasteiger partial charge in [0.15, 0.2) is 0 Å². The molecular weight excluding hydrogens is 382 g/mol. The summed E-state index contributed by atoms with van der Waals surface area (Å²) in [6.45, 7) is 12.9. The lowest BCUT2D eigenvalue weighted by Crippen LogP contribution is -2.28. The second-order valence-corrected chi connectivity index (χ2v) is 10.4. The Kier molecular flexibility index (Phi) is 7.89. The summed E-state index contributed by atoms with van der Waals surface area (Å²) in [5.74, 6) is 0.825. The van der Waals surface area contributed by atoms with Crippen LogP contribution in [-0.2, 0) is 16.4 Å². The number of nitrogens with one attached hydrogen (secondary N) is 1. The number of hydrogen-bond acceptors (Lipinski definition) is 3. The number of hydrogen-bond donors (Lipinski definition) is 2. The lowest BCUT2D eigenvalue weighted by molar-refractivity contribution is 0.475. The molecule has 0 amide bonds. The number of phenols is 1. The quantitative estimate of drug-likeness (QED) is 0.516. The van der Waals surface area contributed by atoms with E-state index < -0.39 is 10.0 Å². The van der Waals surface area contributed by atoms with E-state index >= 15 is 0 Å². The average molecular weight is 418 g/mol. The van der Waals surface area contributed by atoms with E-state index in [2.05, 4.69) is 30.7 Å².